The first kappa shape index (κ1) is 10.7. The van der Waals surface area contributed by atoms with Gasteiger partial charge in [-0.3, -0.25) is 0 Å². The minimum atomic E-state index is -0.394. The van der Waals surface area contributed by atoms with E-state index in [1.54, 1.807) is 6.92 Å². The number of nitrogens with zero attached hydrogens (tertiary/aromatic N) is 3. The molecule has 0 N–H and O–H groups in total. The maximum Gasteiger partial charge on any atom is 0.330 e. The SMILES string of the molecule is CCCCOC(=O)C(C)n1cncn1. The smallest absolute Gasteiger partial charge is 0.330 e. The standard InChI is InChI=1S/C9H15N3O2/c1-3-4-5-14-9(13)8(2)12-7-10-6-11-12/h6-8H,3-5H2,1-2H3. The van der Waals surface area contributed by atoms with Crippen LogP contribution < -0.4 is 0 Å². The van der Waals surface area contributed by atoms with Crippen LogP contribution >= 0.6 is 0 Å². The van der Waals surface area contributed by atoms with Crippen molar-refractivity contribution in [3.63, 3.8) is 0 Å². The molecule has 1 rings (SSSR count). The molecule has 0 amide bonds. The van der Waals surface area contributed by atoms with Crippen LogP contribution in [0.15, 0.2) is 12.7 Å². The second kappa shape index (κ2) is 5.36. The highest BCUT2D eigenvalue weighted by atomic mass is 16.5. The quantitative estimate of drug-likeness (QED) is 0.525. The molecule has 5 nitrogen and oxygen atoms in total. The Morgan fingerprint density at radius 3 is 3.00 bits per heavy atom. The highest BCUT2D eigenvalue weighted by Crippen LogP contribution is 2.05. The predicted molar refractivity (Wildman–Crippen MR) is 50.6 cm³/mol. The van der Waals surface area contributed by atoms with Crippen molar-refractivity contribution >= 4 is 5.97 Å². The van der Waals surface area contributed by atoms with E-state index < -0.39 is 6.04 Å². The monoisotopic (exact) mass is 197 g/mol. The number of ether oxygens (including phenoxy) is 1. The van der Waals surface area contributed by atoms with Crippen LogP contribution in [0.3, 0.4) is 0 Å². The topological polar surface area (TPSA) is 57.0 Å². The first-order chi connectivity index (χ1) is 6.75. The van der Waals surface area contributed by atoms with Crippen molar-refractivity contribution in [1.29, 1.82) is 0 Å². The average Bonchev–Trinajstić information content (AvgIpc) is 2.69. The number of hydrogen-bond donors (Lipinski definition) is 0. The Morgan fingerprint density at radius 1 is 1.64 bits per heavy atom. The molecular formula is C9H15N3O2. The molecule has 1 aromatic rings. The van der Waals surface area contributed by atoms with Crippen LogP contribution in [0.1, 0.15) is 32.7 Å². The zero-order valence-electron chi connectivity index (χ0n) is 8.51. The van der Waals surface area contributed by atoms with Crippen LogP contribution in [0.2, 0.25) is 0 Å². The van der Waals surface area contributed by atoms with Crippen molar-refractivity contribution in [2.75, 3.05) is 6.61 Å². The summed E-state index contributed by atoms with van der Waals surface area (Å²) in [6, 6.07) is -0.394. The second-order valence-electron chi connectivity index (χ2n) is 3.07. The fourth-order valence-electron chi connectivity index (χ4n) is 0.963. The van der Waals surface area contributed by atoms with E-state index in [-0.39, 0.29) is 5.97 Å². The lowest BCUT2D eigenvalue weighted by Crippen LogP contribution is -2.20. The molecule has 1 atom stereocenters. The number of hydrogen-bond acceptors (Lipinski definition) is 4. The van der Waals surface area contributed by atoms with Gasteiger partial charge in [0, 0.05) is 0 Å². The van der Waals surface area contributed by atoms with Gasteiger partial charge >= 0.3 is 5.97 Å². The lowest BCUT2D eigenvalue weighted by molar-refractivity contribution is -0.147. The van der Waals surface area contributed by atoms with Crippen LogP contribution in [-0.2, 0) is 9.53 Å². The highest BCUT2D eigenvalue weighted by molar-refractivity contribution is 5.73. The highest BCUT2D eigenvalue weighted by Gasteiger charge is 2.16. The van der Waals surface area contributed by atoms with Crippen LogP contribution in [-0.4, -0.2) is 27.3 Å². The first-order valence-corrected chi connectivity index (χ1v) is 4.76. The molecule has 0 saturated heterocycles. The summed E-state index contributed by atoms with van der Waals surface area (Å²) in [4.78, 5) is 15.2. The van der Waals surface area contributed by atoms with E-state index in [1.807, 2.05) is 0 Å². The van der Waals surface area contributed by atoms with Crippen LogP contribution in [0.4, 0.5) is 0 Å². The molecule has 5 heteroatoms. The Bertz CT molecular complexity index is 272. The maximum atomic E-state index is 11.4. The van der Waals surface area contributed by atoms with Gasteiger partial charge in [0.05, 0.1) is 6.61 Å². The third-order valence-electron chi connectivity index (χ3n) is 1.92. The zero-order chi connectivity index (χ0) is 10.4. The molecule has 1 aromatic heterocycles. The van der Waals surface area contributed by atoms with Crippen LogP contribution in [0.25, 0.3) is 0 Å². The van der Waals surface area contributed by atoms with Gasteiger partial charge in [0.1, 0.15) is 18.7 Å². The normalized spacial score (nSPS) is 12.4. The summed E-state index contributed by atoms with van der Waals surface area (Å²) in [5, 5.41) is 3.87. The summed E-state index contributed by atoms with van der Waals surface area (Å²) in [6.45, 7) is 4.27. The van der Waals surface area contributed by atoms with E-state index in [0.717, 1.165) is 12.8 Å². The minimum Gasteiger partial charge on any atom is -0.464 e. The molecule has 14 heavy (non-hydrogen) atoms. The zero-order valence-corrected chi connectivity index (χ0v) is 8.51. The minimum absolute atomic E-state index is 0.260. The molecule has 1 unspecified atom stereocenters. The molecule has 0 aliphatic heterocycles. The molecule has 0 radical (unpaired) electrons. The molecule has 0 aliphatic rings. The number of rotatable bonds is 5. The molecule has 0 aliphatic carbocycles. The molecule has 0 aromatic carbocycles. The van der Waals surface area contributed by atoms with Gasteiger partial charge in [-0.05, 0) is 13.3 Å². The van der Waals surface area contributed by atoms with Gasteiger partial charge in [-0.25, -0.2) is 14.5 Å². The van der Waals surface area contributed by atoms with E-state index in [4.69, 9.17) is 4.74 Å². The Balaban J connectivity index is 2.37. The van der Waals surface area contributed by atoms with Crippen LogP contribution in [0.5, 0.6) is 0 Å². The van der Waals surface area contributed by atoms with Crippen molar-refractivity contribution in [3.05, 3.63) is 12.7 Å². The molecule has 1 heterocycles. The van der Waals surface area contributed by atoms with E-state index >= 15 is 0 Å². The average molecular weight is 197 g/mol. The predicted octanol–water partition coefficient (Wildman–Crippen LogP) is 1.18. The van der Waals surface area contributed by atoms with E-state index in [9.17, 15) is 4.79 Å². The summed E-state index contributed by atoms with van der Waals surface area (Å²) in [5.74, 6) is -0.260. The number of esters is 1. The third kappa shape index (κ3) is 2.83. The fraction of sp³-hybridized carbons (Fsp3) is 0.667. The third-order valence-corrected chi connectivity index (χ3v) is 1.92. The maximum absolute atomic E-state index is 11.4. The summed E-state index contributed by atoms with van der Waals surface area (Å²) in [5.41, 5.74) is 0. The second-order valence-corrected chi connectivity index (χ2v) is 3.07. The Kier molecular flexibility index (Phi) is 4.10. The number of aromatic nitrogens is 3. The number of unbranched alkanes of at least 4 members (excludes halogenated alkanes) is 1. The van der Waals surface area contributed by atoms with Crippen molar-refractivity contribution in [1.82, 2.24) is 14.8 Å². The van der Waals surface area contributed by atoms with E-state index in [2.05, 4.69) is 17.0 Å². The van der Waals surface area contributed by atoms with E-state index in [0.29, 0.717) is 6.61 Å². The molecule has 0 fully saturated rings. The lowest BCUT2D eigenvalue weighted by atomic mass is 10.3. The van der Waals surface area contributed by atoms with Crippen molar-refractivity contribution in [2.45, 2.75) is 32.7 Å². The summed E-state index contributed by atoms with van der Waals surface area (Å²) >= 11 is 0. The summed E-state index contributed by atoms with van der Waals surface area (Å²) < 4.78 is 6.52. The largest absolute Gasteiger partial charge is 0.464 e. The number of carbonyl (C=O) groups excluding carboxylic acids is 1. The number of carbonyl (C=O) groups is 1. The Morgan fingerprint density at radius 2 is 2.43 bits per heavy atom. The molecule has 0 spiro atoms. The summed E-state index contributed by atoms with van der Waals surface area (Å²) in [6.07, 6.45) is 4.82. The molecule has 78 valence electrons. The van der Waals surface area contributed by atoms with Gasteiger partial charge in [0.2, 0.25) is 0 Å². The van der Waals surface area contributed by atoms with Gasteiger partial charge in [0.15, 0.2) is 0 Å². The van der Waals surface area contributed by atoms with E-state index in [1.165, 1.54) is 17.3 Å². The first-order valence-electron chi connectivity index (χ1n) is 4.76. The Labute approximate surface area is 83.1 Å². The van der Waals surface area contributed by atoms with Crippen molar-refractivity contribution < 1.29 is 9.53 Å². The summed E-state index contributed by atoms with van der Waals surface area (Å²) in [7, 11) is 0. The fourth-order valence-corrected chi connectivity index (χ4v) is 0.963. The van der Waals surface area contributed by atoms with Gasteiger partial charge in [-0.1, -0.05) is 13.3 Å². The molecule has 0 saturated carbocycles. The van der Waals surface area contributed by atoms with Crippen molar-refractivity contribution in [3.8, 4) is 0 Å². The van der Waals surface area contributed by atoms with Gasteiger partial charge in [0.25, 0.3) is 0 Å². The lowest BCUT2D eigenvalue weighted by Gasteiger charge is -2.10. The molecular weight excluding hydrogens is 182 g/mol. The van der Waals surface area contributed by atoms with Crippen LogP contribution in [0, 0.1) is 0 Å². The Hall–Kier alpha value is -1.39. The van der Waals surface area contributed by atoms with Crippen molar-refractivity contribution in [2.24, 2.45) is 0 Å². The van der Waals surface area contributed by atoms with Gasteiger partial charge in [-0.2, -0.15) is 5.10 Å². The van der Waals surface area contributed by atoms with Gasteiger partial charge in [-0.15, -0.1) is 0 Å². The molecule has 0 bridgehead atoms. The van der Waals surface area contributed by atoms with Gasteiger partial charge < -0.3 is 4.74 Å².